The average Bonchev–Trinajstić information content (AvgIpc) is 2.14. The van der Waals surface area contributed by atoms with Gasteiger partial charge in [-0.1, -0.05) is 13.8 Å². The number of nitrogens with zero attached hydrogens (tertiary/aromatic N) is 1. The van der Waals surface area contributed by atoms with Crippen LogP contribution in [0.4, 0.5) is 0 Å². The predicted octanol–water partition coefficient (Wildman–Crippen LogP) is 2.24. The van der Waals surface area contributed by atoms with Gasteiger partial charge in [-0.25, -0.2) is 0 Å². The van der Waals surface area contributed by atoms with Crippen LogP contribution in [0.5, 0.6) is 0 Å². The summed E-state index contributed by atoms with van der Waals surface area (Å²) in [6, 6.07) is 0.712. The molecule has 2 nitrogen and oxygen atoms in total. The first-order valence-corrected chi connectivity index (χ1v) is 5.70. The summed E-state index contributed by atoms with van der Waals surface area (Å²) >= 11 is 0. The minimum atomic E-state index is 0.712. The average molecular weight is 186 g/mol. The van der Waals surface area contributed by atoms with Crippen LogP contribution in [0.2, 0.25) is 0 Å². The maximum atomic E-state index is 5.51. The molecule has 13 heavy (non-hydrogen) atoms. The minimum Gasteiger partial charge on any atom is -0.330 e. The van der Waals surface area contributed by atoms with E-state index in [4.69, 9.17) is 5.73 Å². The molecule has 0 heterocycles. The van der Waals surface area contributed by atoms with Crippen molar-refractivity contribution < 1.29 is 0 Å². The van der Waals surface area contributed by atoms with Gasteiger partial charge in [0.25, 0.3) is 0 Å². The Morgan fingerprint density at radius 2 is 1.69 bits per heavy atom. The molecule has 0 radical (unpaired) electrons. The van der Waals surface area contributed by atoms with E-state index in [0.717, 1.165) is 13.0 Å². The van der Waals surface area contributed by atoms with Crippen molar-refractivity contribution in [2.24, 2.45) is 5.73 Å². The molecule has 1 atom stereocenters. The molecule has 0 saturated carbocycles. The van der Waals surface area contributed by atoms with Gasteiger partial charge in [0, 0.05) is 6.04 Å². The zero-order valence-electron chi connectivity index (χ0n) is 9.55. The van der Waals surface area contributed by atoms with Crippen LogP contribution in [0, 0.1) is 0 Å². The minimum absolute atomic E-state index is 0.712. The van der Waals surface area contributed by atoms with Crippen LogP contribution in [-0.2, 0) is 0 Å². The first-order chi connectivity index (χ1) is 6.26. The molecule has 0 fully saturated rings. The third-order valence-electron chi connectivity index (χ3n) is 2.47. The first kappa shape index (κ1) is 12.9. The van der Waals surface area contributed by atoms with Crippen LogP contribution < -0.4 is 5.73 Å². The predicted molar refractivity (Wildman–Crippen MR) is 59.9 cm³/mol. The maximum Gasteiger partial charge on any atom is 0.00673 e. The molecule has 0 rings (SSSR count). The summed E-state index contributed by atoms with van der Waals surface area (Å²) in [4.78, 5) is 2.58. The van der Waals surface area contributed by atoms with Crippen LogP contribution in [-0.4, -0.2) is 30.6 Å². The second kappa shape index (κ2) is 8.52. The van der Waals surface area contributed by atoms with E-state index < -0.39 is 0 Å². The monoisotopic (exact) mass is 186 g/mol. The number of rotatable bonds is 8. The van der Waals surface area contributed by atoms with E-state index in [0.29, 0.717) is 6.04 Å². The Balaban J connectivity index is 3.72. The molecular weight excluding hydrogens is 160 g/mol. The second-order valence-electron chi connectivity index (χ2n) is 3.82. The molecule has 0 aromatic heterocycles. The Hall–Kier alpha value is -0.0800. The zero-order valence-corrected chi connectivity index (χ0v) is 9.55. The van der Waals surface area contributed by atoms with E-state index in [1.54, 1.807) is 0 Å². The molecule has 0 amide bonds. The van der Waals surface area contributed by atoms with Crippen LogP contribution in [0.15, 0.2) is 0 Å². The highest BCUT2D eigenvalue weighted by Gasteiger charge is 2.10. The summed E-state index contributed by atoms with van der Waals surface area (Å²) in [6.45, 7) is 10.1. The van der Waals surface area contributed by atoms with Crippen molar-refractivity contribution in [2.75, 3.05) is 19.6 Å². The highest BCUT2D eigenvalue weighted by Crippen LogP contribution is 2.07. The van der Waals surface area contributed by atoms with Gasteiger partial charge >= 0.3 is 0 Å². The first-order valence-electron chi connectivity index (χ1n) is 5.70. The van der Waals surface area contributed by atoms with Gasteiger partial charge in [0.2, 0.25) is 0 Å². The lowest BCUT2D eigenvalue weighted by Crippen LogP contribution is -2.34. The summed E-state index contributed by atoms with van der Waals surface area (Å²) in [5.41, 5.74) is 5.51. The van der Waals surface area contributed by atoms with Gasteiger partial charge in [0.1, 0.15) is 0 Å². The summed E-state index contributed by atoms with van der Waals surface area (Å²) in [6.07, 6.45) is 4.92. The fraction of sp³-hybridized carbons (Fsp3) is 1.00. The van der Waals surface area contributed by atoms with Crippen molar-refractivity contribution >= 4 is 0 Å². The molecule has 0 aromatic carbocycles. The Morgan fingerprint density at radius 1 is 1.15 bits per heavy atom. The van der Waals surface area contributed by atoms with Crippen molar-refractivity contribution in [3.05, 3.63) is 0 Å². The Kier molecular flexibility index (Phi) is 8.46. The molecule has 0 aliphatic heterocycles. The molecular formula is C11H26N2. The standard InChI is InChI=1S/C11H26N2/c1-4-9-13(10-5-2)11(3)7-6-8-12/h11H,4-10,12H2,1-3H3. The summed E-state index contributed by atoms with van der Waals surface area (Å²) < 4.78 is 0. The van der Waals surface area contributed by atoms with Gasteiger partial charge in [-0.05, 0) is 52.2 Å². The third kappa shape index (κ3) is 6.05. The fourth-order valence-electron chi connectivity index (χ4n) is 1.72. The van der Waals surface area contributed by atoms with Crippen molar-refractivity contribution in [3.8, 4) is 0 Å². The van der Waals surface area contributed by atoms with E-state index in [2.05, 4.69) is 25.7 Å². The highest BCUT2D eigenvalue weighted by molar-refractivity contribution is 4.66. The maximum absolute atomic E-state index is 5.51. The Bertz CT molecular complexity index is 98.3. The van der Waals surface area contributed by atoms with Crippen molar-refractivity contribution in [1.29, 1.82) is 0 Å². The van der Waals surface area contributed by atoms with Crippen molar-refractivity contribution in [1.82, 2.24) is 4.90 Å². The normalized spacial score (nSPS) is 13.6. The lowest BCUT2D eigenvalue weighted by molar-refractivity contribution is 0.198. The van der Waals surface area contributed by atoms with Crippen molar-refractivity contribution in [2.45, 2.75) is 52.5 Å². The summed E-state index contributed by atoms with van der Waals surface area (Å²) in [7, 11) is 0. The third-order valence-corrected chi connectivity index (χ3v) is 2.47. The van der Waals surface area contributed by atoms with Gasteiger partial charge < -0.3 is 10.6 Å². The van der Waals surface area contributed by atoms with E-state index in [1.807, 2.05) is 0 Å². The van der Waals surface area contributed by atoms with Crippen LogP contribution in [0.25, 0.3) is 0 Å². The molecule has 2 N–H and O–H groups in total. The molecule has 0 aliphatic rings. The molecule has 0 aliphatic carbocycles. The molecule has 0 bridgehead atoms. The lowest BCUT2D eigenvalue weighted by atomic mass is 10.1. The molecule has 80 valence electrons. The summed E-state index contributed by atoms with van der Waals surface area (Å²) in [5, 5.41) is 0. The van der Waals surface area contributed by atoms with Gasteiger partial charge in [0.05, 0.1) is 0 Å². The van der Waals surface area contributed by atoms with E-state index in [9.17, 15) is 0 Å². The van der Waals surface area contributed by atoms with Crippen molar-refractivity contribution in [3.63, 3.8) is 0 Å². The fourth-order valence-corrected chi connectivity index (χ4v) is 1.72. The van der Waals surface area contributed by atoms with Gasteiger partial charge in [-0.3, -0.25) is 0 Å². The quantitative estimate of drug-likeness (QED) is 0.630. The zero-order chi connectivity index (χ0) is 10.1. The largest absolute Gasteiger partial charge is 0.330 e. The smallest absolute Gasteiger partial charge is 0.00673 e. The highest BCUT2D eigenvalue weighted by atomic mass is 15.1. The van der Waals surface area contributed by atoms with Crippen LogP contribution in [0.1, 0.15) is 46.5 Å². The topological polar surface area (TPSA) is 29.3 Å². The van der Waals surface area contributed by atoms with Gasteiger partial charge in [-0.2, -0.15) is 0 Å². The molecule has 0 aromatic rings. The molecule has 2 heteroatoms. The Morgan fingerprint density at radius 3 is 2.08 bits per heavy atom. The van der Waals surface area contributed by atoms with Crippen LogP contribution >= 0.6 is 0 Å². The molecule has 0 spiro atoms. The van der Waals surface area contributed by atoms with Crippen LogP contribution in [0.3, 0.4) is 0 Å². The summed E-state index contributed by atoms with van der Waals surface area (Å²) in [5.74, 6) is 0. The van der Waals surface area contributed by atoms with Gasteiger partial charge in [-0.15, -0.1) is 0 Å². The van der Waals surface area contributed by atoms with E-state index in [-0.39, 0.29) is 0 Å². The van der Waals surface area contributed by atoms with Gasteiger partial charge in [0.15, 0.2) is 0 Å². The molecule has 1 unspecified atom stereocenters. The van der Waals surface area contributed by atoms with E-state index >= 15 is 0 Å². The number of hydrogen-bond donors (Lipinski definition) is 1. The second-order valence-corrected chi connectivity index (χ2v) is 3.82. The number of hydrogen-bond acceptors (Lipinski definition) is 2. The number of nitrogens with two attached hydrogens (primary N) is 1. The molecule has 0 saturated heterocycles. The lowest BCUT2D eigenvalue weighted by Gasteiger charge is -2.28. The van der Waals surface area contributed by atoms with E-state index in [1.165, 1.54) is 32.4 Å². The SMILES string of the molecule is CCCN(CCC)C(C)CCCN. The Labute approximate surface area is 83.5 Å².